The standard InChI is InChI=1S/C28H37ClN2O5.CH4O/c1-17-8-6-7-10-28(34)16-23(36-26(33)30-28)18(2)20-15-27(20,3)11-9-24(32)31(4)21-13-19(12-17)14-22(35-5)25(21)29;1-2/h6-8,13-14,18,20,23,34H,9-12,15-16H2,1-5H3,(H,30,33);2H,1H3/b7-6+,17-8+;/t18?,20?,23?,27?,28-;/m1./s1. The van der Waals surface area contributed by atoms with Crippen molar-refractivity contribution >= 4 is 29.3 Å². The van der Waals surface area contributed by atoms with Gasteiger partial charge in [-0.05, 0) is 61.1 Å². The van der Waals surface area contributed by atoms with E-state index in [1.165, 1.54) is 0 Å². The fraction of sp³-hybridized carbons (Fsp3) is 0.586. The minimum absolute atomic E-state index is 0.00795. The lowest BCUT2D eigenvalue weighted by molar-refractivity contribution is -0.118. The van der Waals surface area contributed by atoms with Gasteiger partial charge in [0.05, 0.1) is 12.8 Å². The molecule has 5 atom stereocenters. The summed E-state index contributed by atoms with van der Waals surface area (Å²) >= 11 is 6.61. The van der Waals surface area contributed by atoms with Crippen LogP contribution in [0.1, 0.15) is 58.4 Å². The molecule has 2 aliphatic heterocycles. The minimum Gasteiger partial charge on any atom is -0.495 e. The van der Waals surface area contributed by atoms with E-state index in [-0.39, 0.29) is 29.8 Å². The SMILES string of the molecule is CO.COc1cc2cc(c1Cl)N(C)C(=O)CCC1(C)CC1C(C)C1C[C@](O)(C/C=C/C=C(\C)C2)NC(=O)O1. The normalized spacial score (nSPS) is 33.9. The fourth-order valence-electron chi connectivity index (χ4n) is 5.72. The summed E-state index contributed by atoms with van der Waals surface area (Å²) in [6.07, 6.45) is 8.09. The highest BCUT2D eigenvalue weighted by atomic mass is 35.5. The Hall–Kier alpha value is -2.55. The zero-order valence-electron chi connectivity index (χ0n) is 23.2. The Morgan fingerprint density at radius 2 is 1.95 bits per heavy atom. The number of hydrogen-bond donors (Lipinski definition) is 3. The lowest BCUT2D eigenvalue weighted by Gasteiger charge is -2.39. The summed E-state index contributed by atoms with van der Waals surface area (Å²) in [6, 6.07) is 3.84. The predicted octanol–water partition coefficient (Wildman–Crippen LogP) is 5.00. The van der Waals surface area contributed by atoms with Crippen molar-refractivity contribution in [3.63, 3.8) is 0 Å². The van der Waals surface area contributed by atoms with Crippen LogP contribution in [0.15, 0.2) is 35.9 Å². The van der Waals surface area contributed by atoms with Crippen LogP contribution in [0.5, 0.6) is 5.75 Å². The molecule has 1 saturated heterocycles. The second-order valence-corrected chi connectivity index (χ2v) is 11.4. The molecule has 4 unspecified atom stereocenters. The number of amides is 2. The zero-order valence-corrected chi connectivity index (χ0v) is 24.0. The van der Waals surface area contributed by atoms with Crippen LogP contribution in [0.2, 0.25) is 5.02 Å². The summed E-state index contributed by atoms with van der Waals surface area (Å²) in [7, 11) is 4.33. The summed E-state index contributed by atoms with van der Waals surface area (Å²) in [4.78, 5) is 27.1. The number of allylic oxidation sites excluding steroid dienone is 3. The number of hydrogen-bond acceptors (Lipinski definition) is 6. The topological polar surface area (TPSA) is 108 Å². The van der Waals surface area contributed by atoms with Crippen molar-refractivity contribution in [1.29, 1.82) is 0 Å². The number of aliphatic hydroxyl groups is 2. The molecule has 210 valence electrons. The van der Waals surface area contributed by atoms with Crippen molar-refractivity contribution in [1.82, 2.24) is 5.32 Å². The van der Waals surface area contributed by atoms with Gasteiger partial charge >= 0.3 is 6.09 Å². The van der Waals surface area contributed by atoms with E-state index < -0.39 is 11.8 Å². The number of benzene rings is 1. The highest BCUT2D eigenvalue weighted by Gasteiger charge is 2.55. The minimum atomic E-state index is -1.35. The molecule has 38 heavy (non-hydrogen) atoms. The molecular formula is C29H41ClN2O6. The van der Waals surface area contributed by atoms with Crippen molar-refractivity contribution < 1.29 is 29.3 Å². The molecule has 8 nitrogen and oxygen atoms in total. The molecule has 2 heterocycles. The summed E-state index contributed by atoms with van der Waals surface area (Å²) in [5, 5.41) is 21.2. The number of anilines is 1. The van der Waals surface area contributed by atoms with Gasteiger partial charge < -0.3 is 24.6 Å². The third kappa shape index (κ3) is 6.71. The van der Waals surface area contributed by atoms with Gasteiger partial charge in [-0.15, -0.1) is 0 Å². The van der Waals surface area contributed by atoms with Crippen LogP contribution < -0.4 is 15.0 Å². The Bertz CT molecular complexity index is 1100. The number of nitrogens with zero attached hydrogens (tertiary/aromatic N) is 1. The fourth-order valence-corrected chi connectivity index (χ4v) is 6.04. The number of carbonyl (C=O) groups excluding carboxylic acids is 2. The van der Waals surface area contributed by atoms with Crippen molar-refractivity contribution in [3.05, 3.63) is 46.5 Å². The number of rotatable bonds is 1. The van der Waals surface area contributed by atoms with Gasteiger partial charge in [0.1, 0.15) is 22.6 Å². The Kier molecular flexibility index (Phi) is 9.55. The van der Waals surface area contributed by atoms with Crippen molar-refractivity contribution in [2.45, 2.75) is 71.1 Å². The van der Waals surface area contributed by atoms with Gasteiger partial charge in [0.25, 0.3) is 0 Å². The molecule has 3 aliphatic rings. The molecule has 9 heteroatoms. The molecule has 4 bridgehead atoms. The van der Waals surface area contributed by atoms with E-state index in [9.17, 15) is 14.7 Å². The maximum absolute atomic E-state index is 13.2. The smallest absolute Gasteiger partial charge is 0.409 e. The van der Waals surface area contributed by atoms with Gasteiger partial charge in [-0.2, -0.15) is 0 Å². The van der Waals surface area contributed by atoms with E-state index in [1.54, 1.807) is 19.1 Å². The summed E-state index contributed by atoms with van der Waals surface area (Å²) in [6.45, 7) is 6.28. The number of aliphatic hydroxyl groups excluding tert-OH is 1. The summed E-state index contributed by atoms with van der Waals surface area (Å²) in [5.74, 6) is 0.910. The molecule has 2 amide bonds. The number of fused-ring (bicyclic) bond motifs is 5. The van der Waals surface area contributed by atoms with E-state index in [0.717, 1.165) is 31.1 Å². The van der Waals surface area contributed by atoms with Crippen molar-refractivity contribution in [2.75, 3.05) is 26.2 Å². The van der Waals surface area contributed by atoms with E-state index >= 15 is 0 Å². The van der Waals surface area contributed by atoms with Crippen molar-refractivity contribution in [2.24, 2.45) is 17.3 Å². The molecular weight excluding hydrogens is 508 g/mol. The van der Waals surface area contributed by atoms with Crippen LogP contribution in [0, 0.1) is 17.3 Å². The second-order valence-electron chi connectivity index (χ2n) is 11.0. The lowest BCUT2D eigenvalue weighted by Crippen LogP contribution is -2.57. The Morgan fingerprint density at radius 3 is 2.63 bits per heavy atom. The van der Waals surface area contributed by atoms with Crippen LogP contribution in [0.4, 0.5) is 10.5 Å². The number of nitrogens with one attached hydrogen (secondary N) is 1. The average Bonchev–Trinajstić information content (AvgIpc) is 3.56. The highest BCUT2D eigenvalue weighted by molar-refractivity contribution is 6.35. The molecule has 0 spiro atoms. The largest absolute Gasteiger partial charge is 0.495 e. The van der Waals surface area contributed by atoms with Gasteiger partial charge in [0.15, 0.2) is 0 Å². The predicted molar refractivity (Wildman–Crippen MR) is 148 cm³/mol. The molecule has 1 aliphatic carbocycles. The van der Waals surface area contributed by atoms with Crippen LogP contribution in [0.25, 0.3) is 0 Å². The lowest BCUT2D eigenvalue weighted by atomic mass is 9.85. The number of halogens is 1. The van der Waals surface area contributed by atoms with E-state index in [2.05, 4.69) is 19.2 Å². The third-order valence-electron chi connectivity index (χ3n) is 8.17. The maximum atomic E-state index is 13.2. The Balaban J connectivity index is 0.00000195. The molecule has 1 aromatic carbocycles. The summed E-state index contributed by atoms with van der Waals surface area (Å²) < 4.78 is 11.1. The van der Waals surface area contributed by atoms with Gasteiger partial charge in [0, 0.05) is 33.4 Å². The third-order valence-corrected chi connectivity index (χ3v) is 8.55. The van der Waals surface area contributed by atoms with Crippen LogP contribution in [-0.4, -0.2) is 55.3 Å². The molecule has 4 rings (SSSR count). The number of ether oxygens (including phenoxy) is 2. The van der Waals surface area contributed by atoms with E-state index in [4.69, 9.17) is 26.2 Å². The first-order valence-corrected chi connectivity index (χ1v) is 13.4. The molecule has 3 N–H and O–H groups in total. The van der Waals surface area contributed by atoms with E-state index in [0.29, 0.717) is 41.6 Å². The van der Waals surface area contributed by atoms with E-state index in [1.807, 2.05) is 37.3 Å². The second kappa shape index (κ2) is 12.1. The van der Waals surface area contributed by atoms with Crippen LogP contribution in [-0.2, 0) is 16.0 Å². The van der Waals surface area contributed by atoms with Crippen LogP contribution >= 0.6 is 11.6 Å². The average molecular weight is 549 g/mol. The Morgan fingerprint density at radius 1 is 1.24 bits per heavy atom. The van der Waals surface area contributed by atoms with Gasteiger partial charge in [-0.25, -0.2) is 4.79 Å². The molecule has 0 radical (unpaired) electrons. The first-order chi connectivity index (χ1) is 17.9. The molecule has 1 saturated carbocycles. The number of carbonyl (C=O) groups is 2. The quantitative estimate of drug-likeness (QED) is 0.456. The monoisotopic (exact) mass is 548 g/mol. The molecule has 0 aromatic heterocycles. The van der Waals surface area contributed by atoms with Crippen LogP contribution in [0.3, 0.4) is 0 Å². The first-order valence-electron chi connectivity index (χ1n) is 13.1. The zero-order chi connectivity index (χ0) is 28.3. The van der Waals surface area contributed by atoms with Gasteiger partial charge in [0.2, 0.25) is 5.91 Å². The van der Waals surface area contributed by atoms with Gasteiger partial charge in [-0.1, -0.05) is 49.2 Å². The molecule has 1 aromatic rings. The van der Waals surface area contributed by atoms with Crippen molar-refractivity contribution in [3.8, 4) is 5.75 Å². The maximum Gasteiger partial charge on any atom is 0.409 e. The Labute approximate surface area is 230 Å². The van der Waals surface area contributed by atoms with Gasteiger partial charge in [-0.3, -0.25) is 10.1 Å². The number of alkyl carbamates (subject to hydrolysis) is 1. The first kappa shape index (κ1) is 30.0. The highest BCUT2D eigenvalue weighted by Crippen LogP contribution is 2.60. The molecule has 2 fully saturated rings. The summed E-state index contributed by atoms with van der Waals surface area (Å²) in [5.41, 5.74) is 1.33. The number of methoxy groups -OCH3 is 1.